The fourth-order valence-corrected chi connectivity index (χ4v) is 3.57. The number of hydrogen-bond acceptors (Lipinski definition) is 6. The van der Waals surface area contributed by atoms with Gasteiger partial charge in [-0.05, 0) is 60.5 Å². The Morgan fingerprint density at radius 1 is 0.645 bits per heavy atom. The molecule has 4 aromatic rings. The highest BCUT2D eigenvalue weighted by atomic mass is 16.5. The van der Waals surface area contributed by atoms with Gasteiger partial charge < -0.3 is 18.9 Å². The molecule has 158 valence electrons. The molecule has 31 heavy (non-hydrogen) atoms. The summed E-state index contributed by atoms with van der Waals surface area (Å²) in [4.78, 5) is 9.01. The minimum Gasteiger partial charge on any atom is -0.493 e. The SMILES string of the molecule is CCOc1ccc(-c2ncnc3ccc(-c4ccc(OC)c(OC)c4)cc23)cc1OC. The van der Waals surface area contributed by atoms with Gasteiger partial charge in [0.15, 0.2) is 23.0 Å². The molecule has 1 heterocycles. The second-order valence-electron chi connectivity index (χ2n) is 6.82. The van der Waals surface area contributed by atoms with E-state index in [1.807, 2.05) is 55.5 Å². The summed E-state index contributed by atoms with van der Waals surface area (Å²) in [5.41, 5.74) is 4.66. The maximum atomic E-state index is 5.64. The van der Waals surface area contributed by atoms with Crippen LogP contribution in [0.2, 0.25) is 0 Å². The van der Waals surface area contributed by atoms with Gasteiger partial charge in [-0.3, -0.25) is 0 Å². The molecule has 0 saturated carbocycles. The largest absolute Gasteiger partial charge is 0.493 e. The van der Waals surface area contributed by atoms with Crippen LogP contribution in [0.3, 0.4) is 0 Å². The molecule has 0 radical (unpaired) electrons. The zero-order valence-corrected chi connectivity index (χ0v) is 18.0. The summed E-state index contributed by atoms with van der Waals surface area (Å²) in [6.45, 7) is 2.52. The first-order valence-corrected chi connectivity index (χ1v) is 9.96. The standard InChI is InChI=1S/C25H24N2O4/c1-5-31-22-11-8-18(14-24(22)30-4)25-19-12-16(6-9-20(19)26-15-27-25)17-7-10-21(28-2)23(13-17)29-3/h6-15H,5H2,1-4H3. The monoisotopic (exact) mass is 416 g/mol. The van der Waals surface area contributed by atoms with Crippen molar-refractivity contribution in [1.82, 2.24) is 9.97 Å². The Morgan fingerprint density at radius 3 is 2.00 bits per heavy atom. The van der Waals surface area contributed by atoms with Crippen LogP contribution in [-0.2, 0) is 0 Å². The molecule has 0 aliphatic rings. The lowest BCUT2D eigenvalue weighted by molar-refractivity contribution is 0.311. The molecule has 0 atom stereocenters. The fraction of sp³-hybridized carbons (Fsp3) is 0.200. The maximum absolute atomic E-state index is 5.64. The fourth-order valence-electron chi connectivity index (χ4n) is 3.57. The Bertz CT molecular complexity index is 1220. The van der Waals surface area contributed by atoms with E-state index in [-0.39, 0.29) is 0 Å². The van der Waals surface area contributed by atoms with Crippen LogP contribution in [0.1, 0.15) is 6.92 Å². The lowest BCUT2D eigenvalue weighted by Gasteiger charge is -2.13. The summed E-state index contributed by atoms with van der Waals surface area (Å²) in [6, 6.07) is 17.8. The first kappa shape index (κ1) is 20.5. The van der Waals surface area contributed by atoms with Crippen LogP contribution in [0.4, 0.5) is 0 Å². The van der Waals surface area contributed by atoms with Crippen LogP contribution in [0.5, 0.6) is 23.0 Å². The Morgan fingerprint density at radius 2 is 1.26 bits per heavy atom. The van der Waals surface area contributed by atoms with Crippen molar-refractivity contribution in [2.45, 2.75) is 6.92 Å². The maximum Gasteiger partial charge on any atom is 0.161 e. The van der Waals surface area contributed by atoms with Crippen molar-refractivity contribution < 1.29 is 18.9 Å². The van der Waals surface area contributed by atoms with Crippen molar-refractivity contribution in [1.29, 1.82) is 0 Å². The summed E-state index contributed by atoms with van der Waals surface area (Å²) in [6.07, 6.45) is 1.58. The highest BCUT2D eigenvalue weighted by Crippen LogP contribution is 2.37. The Labute approximate surface area is 181 Å². The van der Waals surface area contributed by atoms with Crippen LogP contribution in [-0.4, -0.2) is 37.9 Å². The molecule has 0 fully saturated rings. The third kappa shape index (κ3) is 3.97. The lowest BCUT2D eigenvalue weighted by atomic mass is 10.00. The van der Waals surface area contributed by atoms with Crippen molar-refractivity contribution >= 4 is 10.9 Å². The summed E-state index contributed by atoms with van der Waals surface area (Å²) in [7, 11) is 4.89. The summed E-state index contributed by atoms with van der Waals surface area (Å²) in [5.74, 6) is 2.75. The zero-order valence-electron chi connectivity index (χ0n) is 18.0. The quantitative estimate of drug-likeness (QED) is 0.403. The second kappa shape index (κ2) is 8.92. The number of hydrogen-bond donors (Lipinski definition) is 0. The average Bonchev–Trinajstić information content (AvgIpc) is 2.83. The van der Waals surface area contributed by atoms with Crippen molar-refractivity contribution in [3.8, 4) is 45.4 Å². The van der Waals surface area contributed by atoms with Crippen molar-refractivity contribution in [3.63, 3.8) is 0 Å². The van der Waals surface area contributed by atoms with E-state index in [1.165, 1.54) is 0 Å². The average molecular weight is 416 g/mol. The van der Waals surface area contributed by atoms with Gasteiger partial charge in [-0.1, -0.05) is 12.1 Å². The van der Waals surface area contributed by atoms with E-state index in [0.717, 1.165) is 33.3 Å². The summed E-state index contributed by atoms with van der Waals surface area (Å²) < 4.78 is 22.0. The van der Waals surface area contributed by atoms with Crippen LogP contribution in [0, 0.1) is 0 Å². The van der Waals surface area contributed by atoms with Crippen molar-refractivity contribution in [2.24, 2.45) is 0 Å². The van der Waals surface area contributed by atoms with Crippen LogP contribution in [0.15, 0.2) is 60.9 Å². The highest BCUT2D eigenvalue weighted by molar-refractivity contribution is 5.95. The van der Waals surface area contributed by atoms with Crippen molar-refractivity contribution in [2.75, 3.05) is 27.9 Å². The number of nitrogens with zero attached hydrogens (tertiary/aromatic N) is 2. The molecule has 0 bridgehead atoms. The second-order valence-corrected chi connectivity index (χ2v) is 6.82. The molecule has 4 rings (SSSR count). The number of aromatic nitrogens is 2. The van der Waals surface area contributed by atoms with E-state index in [0.29, 0.717) is 29.6 Å². The molecular weight excluding hydrogens is 392 g/mol. The Hall–Kier alpha value is -3.80. The van der Waals surface area contributed by atoms with E-state index in [2.05, 4.69) is 16.0 Å². The Balaban J connectivity index is 1.84. The Kier molecular flexibility index (Phi) is 5.89. The third-order valence-electron chi connectivity index (χ3n) is 5.09. The van der Waals surface area contributed by atoms with Gasteiger partial charge in [-0.15, -0.1) is 0 Å². The van der Waals surface area contributed by atoms with Gasteiger partial charge in [0.05, 0.1) is 39.1 Å². The predicted molar refractivity (Wildman–Crippen MR) is 121 cm³/mol. The molecule has 0 saturated heterocycles. The molecule has 6 nitrogen and oxygen atoms in total. The number of fused-ring (bicyclic) bond motifs is 1. The number of rotatable bonds is 7. The molecule has 0 unspecified atom stereocenters. The molecule has 3 aromatic carbocycles. The van der Waals surface area contributed by atoms with Gasteiger partial charge in [0.1, 0.15) is 6.33 Å². The molecule has 0 amide bonds. The van der Waals surface area contributed by atoms with Crippen LogP contribution < -0.4 is 18.9 Å². The third-order valence-corrected chi connectivity index (χ3v) is 5.09. The highest BCUT2D eigenvalue weighted by Gasteiger charge is 2.13. The van der Waals surface area contributed by atoms with Gasteiger partial charge in [0, 0.05) is 10.9 Å². The topological polar surface area (TPSA) is 62.7 Å². The first-order valence-electron chi connectivity index (χ1n) is 9.96. The van der Waals surface area contributed by atoms with Crippen molar-refractivity contribution in [3.05, 3.63) is 60.9 Å². The minimum atomic E-state index is 0.570. The van der Waals surface area contributed by atoms with Gasteiger partial charge in [-0.25, -0.2) is 9.97 Å². The van der Waals surface area contributed by atoms with Gasteiger partial charge in [0.25, 0.3) is 0 Å². The van der Waals surface area contributed by atoms with E-state index >= 15 is 0 Å². The molecular formula is C25H24N2O4. The molecule has 0 spiro atoms. The summed E-state index contributed by atoms with van der Waals surface area (Å²) in [5, 5.41) is 0.945. The lowest BCUT2D eigenvalue weighted by Crippen LogP contribution is -1.96. The van der Waals surface area contributed by atoms with E-state index in [9.17, 15) is 0 Å². The molecule has 6 heteroatoms. The van der Waals surface area contributed by atoms with Gasteiger partial charge in [-0.2, -0.15) is 0 Å². The molecule has 0 aliphatic heterocycles. The van der Waals surface area contributed by atoms with Crippen LogP contribution >= 0.6 is 0 Å². The van der Waals surface area contributed by atoms with Gasteiger partial charge in [0.2, 0.25) is 0 Å². The minimum absolute atomic E-state index is 0.570. The smallest absolute Gasteiger partial charge is 0.161 e. The zero-order chi connectivity index (χ0) is 21.8. The van der Waals surface area contributed by atoms with E-state index < -0.39 is 0 Å². The first-order chi connectivity index (χ1) is 15.2. The number of methoxy groups -OCH3 is 3. The molecule has 0 aliphatic carbocycles. The molecule has 0 N–H and O–H groups in total. The van der Waals surface area contributed by atoms with Gasteiger partial charge >= 0.3 is 0 Å². The number of benzene rings is 3. The summed E-state index contributed by atoms with van der Waals surface area (Å²) >= 11 is 0. The number of ether oxygens (including phenoxy) is 4. The predicted octanol–water partition coefficient (Wildman–Crippen LogP) is 5.39. The van der Waals surface area contributed by atoms with E-state index in [1.54, 1.807) is 27.7 Å². The van der Waals surface area contributed by atoms with Crippen LogP contribution in [0.25, 0.3) is 33.3 Å². The van der Waals surface area contributed by atoms with E-state index in [4.69, 9.17) is 18.9 Å². The molecule has 1 aromatic heterocycles. The normalized spacial score (nSPS) is 10.7.